The molecule has 0 spiro atoms. The SMILES string of the molecule is C=C(Nc1nc2cc(CC(C)C)ccc2o1)N1CCN(c2ncccc2Cl)CC1.CC(C)Cc1ccc2oc(NC(=O)N3CCN(c4ncccc4Cl)C[C@H]3C)nc2c1. The molecule has 13 nitrogen and oxygen atoms in total. The number of hydrogen-bond donors (Lipinski definition) is 2. The maximum atomic E-state index is 12.8. The fourth-order valence-corrected chi connectivity index (χ4v) is 7.96. The summed E-state index contributed by atoms with van der Waals surface area (Å²) in [5, 5.41) is 7.33. The van der Waals surface area contributed by atoms with E-state index in [9.17, 15) is 4.79 Å². The van der Waals surface area contributed by atoms with Crippen molar-refractivity contribution in [3.8, 4) is 0 Å². The molecule has 1 atom stereocenters. The molecule has 0 aliphatic carbocycles. The molecule has 2 saturated heterocycles. The summed E-state index contributed by atoms with van der Waals surface area (Å²) in [7, 11) is 0. The fourth-order valence-electron chi connectivity index (χ4n) is 7.48. The molecular formula is C44H52Cl2N10O3. The van der Waals surface area contributed by atoms with E-state index >= 15 is 0 Å². The number of aromatic nitrogens is 4. The zero-order chi connectivity index (χ0) is 41.6. The Morgan fingerprint density at radius 2 is 1.25 bits per heavy atom. The minimum absolute atomic E-state index is 0.0150. The van der Waals surface area contributed by atoms with Crippen LogP contribution in [0.2, 0.25) is 10.0 Å². The zero-order valence-corrected chi connectivity index (χ0v) is 35.8. The number of amides is 2. The number of hydrogen-bond acceptors (Lipinski definition) is 11. The van der Waals surface area contributed by atoms with Crippen LogP contribution in [0.4, 0.5) is 28.5 Å². The standard InChI is InChI=1S/C22H26ClN5O2.C22H26ClN5O/c1-14(2)11-16-6-7-19-18(12-16)25-21(30-19)26-22(29)28-10-9-27(13-15(28)3)20-17(23)5-4-8-24-20;1-15(2)13-17-6-7-20-19(14-17)26-22(29-20)25-16(3)27-9-11-28(12-10-27)21-18(23)5-4-8-24-21/h4-8,12,14-15H,9-11,13H2,1-3H3,(H,25,26,29);4-8,14-15H,3,9-13H2,1-2H3,(H,25,26)/t15-;/m1./s1. The summed E-state index contributed by atoms with van der Waals surface area (Å²) in [4.78, 5) is 38.9. The molecular weight excluding hydrogens is 787 g/mol. The van der Waals surface area contributed by atoms with Crippen LogP contribution in [0, 0.1) is 11.8 Å². The summed E-state index contributed by atoms with van der Waals surface area (Å²) in [6, 6.07) is 20.0. The van der Waals surface area contributed by atoms with Gasteiger partial charge in [-0.05, 0) is 91.3 Å². The average Bonchev–Trinajstić information content (AvgIpc) is 3.80. The molecule has 6 heterocycles. The molecule has 59 heavy (non-hydrogen) atoms. The Hall–Kier alpha value is -5.53. The van der Waals surface area contributed by atoms with Gasteiger partial charge in [0, 0.05) is 64.2 Å². The predicted octanol–water partition coefficient (Wildman–Crippen LogP) is 9.60. The number of anilines is 4. The maximum absolute atomic E-state index is 12.8. The van der Waals surface area contributed by atoms with Crippen molar-refractivity contribution in [2.75, 3.05) is 66.2 Å². The van der Waals surface area contributed by atoms with Gasteiger partial charge in [-0.1, -0.05) is 69.6 Å². The number of pyridine rings is 2. The molecule has 2 N–H and O–H groups in total. The van der Waals surface area contributed by atoms with E-state index in [4.69, 9.17) is 32.0 Å². The van der Waals surface area contributed by atoms with Gasteiger partial charge in [0.15, 0.2) is 11.2 Å². The van der Waals surface area contributed by atoms with Crippen molar-refractivity contribution in [3.05, 3.63) is 107 Å². The van der Waals surface area contributed by atoms with Crippen molar-refractivity contribution in [2.45, 2.75) is 53.5 Å². The molecule has 8 rings (SSSR count). The first kappa shape index (κ1) is 41.6. The molecule has 2 fully saturated rings. The van der Waals surface area contributed by atoms with E-state index in [0.717, 1.165) is 73.1 Å². The molecule has 4 aromatic heterocycles. The smallest absolute Gasteiger partial charge is 0.325 e. The summed E-state index contributed by atoms with van der Waals surface area (Å²) in [5.74, 6) is 3.54. The molecule has 0 saturated carbocycles. The highest BCUT2D eigenvalue weighted by Crippen LogP contribution is 2.28. The number of carbonyl (C=O) groups is 1. The quantitative estimate of drug-likeness (QED) is 0.137. The van der Waals surface area contributed by atoms with Gasteiger partial charge >= 0.3 is 18.1 Å². The Balaban J connectivity index is 0.000000179. The van der Waals surface area contributed by atoms with Crippen molar-refractivity contribution in [1.82, 2.24) is 29.7 Å². The number of urea groups is 1. The molecule has 2 aromatic carbocycles. The van der Waals surface area contributed by atoms with Gasteiger partial charge in [0.25, 0.3) is 0 Å². The summed E-state index contributed by atoms with van der Waals surface area (Å²) >= 11 is 12.5. The zero-order valence-electron chi connectivity index (χ0n) is 34.3. The van der Waals surface area contributed by atoms with Crippen LogP contribution in [0.3, 0.4) is 0 Å². The van der Waals surface area contributed by atoms with Crippen molar-refractivity contribution in [3.63, 3.8) is 0 Å². The Bertz CT molecular complexity index is 2390. The first-order chi connectivity index (χ1) is 28.4. The summed E-state index contributed by atoms with van der Waals surface area (Å²) in [6.45, 7) is 20.1. The second kappa shape index (κ2) is 18.6. The van der Waals surface area contributed by atoms with E-state index in [1.54, 1.807) is 17.3 Å². The van der Waals surface area contributed by atoms with Gasteiger partial charge in [-0.25, -0.2) is 14.8 Å². The molecule has 0 bridgehead atoms. The van der Waals surface area contributed by atoms with Gasteiger partial charge in [-0.3, -0.25) is 10.6 Å². The van der Waals surface area contributed by atoms with Gasteiger partial charge < -0.3 is 28.4 Å². The van der Waals surface area contributed by atoms with Crippen LogP contribution in [0.5, 0.6) is 0 Å². The molecule has 2 aliphatic rings. The van der Waals surface area contributed by atoms with E-state index < -0.39 is 0 Å². The van der Waals surface area contributed by atoms with Crippen LogP contribution in [-0.2, 0) is 12.8 Å². The van der Waals surface area contributed by atoms with Crippen molar-refractivity contribution < 1.29 is 13.6 Å². The molecule has 2 amide bonds. The van der Waals surface area contributed by atoms with E-state index in [0.29, 0.717) is 53.1 Å². The normalized spacial score (nSPS) is 15.8. The molecule has 15 heteroatoms. The Morgan fingerprint density at radius 3 is 1.76 bits per heavy atom. The minimum atomic E-state index is -0.219. The van der Waals surface area contributed by atoms with Gasteiger partial charge in [-0.15, -0.1) is 0 Å². The van der Waals surface area contributed by atoms with Gasteiger partial charge in [0.2, 0.25) is 0 Å². The fraction of sp³-hybridized carbons (Fsp3) is 0.386. The highest BCUT2D eigenvalue weighted by molar-refractivity contribution is 6.33. The first-order valence-corrected chi connectivity index (χ1v) is 20.9. The maximum Gasteiger partial charge on any atom is 0.325 e. The number of nitrogens with one attached hydrogen (secondary N) is 2. The monoisotopic (exact) mass is 838 g/mol. The summed E-state index contributed by atoms with van der Waals surface area (Å²) in [5.41, 5.74) is 5.55. The number of halogens is 2. The van der Waals surface area contributed by atoms with E-state index in [1.165, 1.54) is 11.1 Å². The second-order valence-corrected chi connectivity index (χ2v) is 16.7. The lowest BCUT2D eigenvalue weighted by Gasteiger charge is -2.40. The van der Waals surface area contributed by atoms with Crippen molar-refractivity contribution in [2.24, 2.45) is 11.8 Å². The number of oxazole rings is 2. The molecule has 310 valence electrons. The second-order valence-electron chi connectivity index (χ2n) is 15.9. The van der Waals surface area contributed by atoms with Crippen LogP contribution in [-0.4, -0.2) is 87.6 Å². The minimum Gasteiger partial charge on any atom is -0.423 e. The third-order valence-electron chi connectivity index (χ3n) is 10.3. The number of nitrogens with zero attached hydrogens (tertiary/aromatic N) is 8. The van der Waals surface area contributed by atoms with Crippen LogP contribution >= 0.6 is 23.2 Å². The van der Waals surface area contributed by atoms with Gasteiger partial charge in [0.1, 0.15) is 28.5 Å². The average molecular weight is 840 g/mol. The lowest BCUT2D eigenvalue weighted by atomic mass is 10.0. The number of rotatable bonds is 10. The summed E-state index contributed by atoms with van der Waals surface area (Å²) in [6.07, 6.45) is 5.51. The molecule has 0 unspecified atom stereocenters. The topological polar surface area (TPSA) is 132 Å². The molecule has 0 radical (unpaired) electrons. The largest absolute Gasteiger partial charge is 0.423 e. The third-order valence-corrected chi connectivity index (χ3v) is 10.9. The van der Waals surface area contributed by atoms with E-state index in [1.807, 2.05) is 55.5 Å². The lowest BCUT2D eigenvalue weighted by Crippen LogP contribution is -2.55. The van der Waals surface area contributed by atoms with Crippen LogP contribution in [0.25, 0.3) is 22.2 Å². The number of piperazine rings is 2. The van der Waals surface area contributed by atoms with Crippen LogP contribution in [0.15, 0.2) is 94.3 Å². The van der Waals surface area contributed by atoms with Gasteiger partial charge in [-0.2, -0.15) is 9.97 Å². The van der Waals surface area contributed by atoms with Crippen LogP contribution < -0.4 is 20.4 Å². The first-order valence-electron chi connectivity index (χ1n) is 20.2. The van der Waals surface area contributed by atoms with Crippen molar-refractivity contribution >= 4 is 75.1 Å². The number of fused-ring (bicyclic) bond motifs is 2. The van der Waals surface area contributed by atoms with Crippen molar-refractivity contribution in [1.29, 1.82) is 0 Å². The van der Waals surface area contributed by atoms with Crippen LogP contribution in [0.1, 0.15) is 45.7 Å². The Labute approximate surface area is 355 Å². The highest BCUT2D eigenvalue weighted by atomic mass is 35.5. The molecule has 6 aromatic rings. The number of benzene rings is 2. The highest BCUT2D eigenvalue weighted by Gasteiger charge is 2.30. The Kier molecular flexibility index (Phi) is 13.1. The summed E-state index contributed by atoms with van der Waals surface area (Å²) < 4.78 is 11.6. The number of carbonyl (C=O) groups excluding carboxylic acids is 1. The van der Waals surface area contributed by atoms with Gasteiger partial charge in [0.05, 0.1) is 10.0 Å². The molecule has 2 aliphatic heterocycles. The van der Waals surface area contributed by atoms with E-state index in [-0.39, 0.29) is 18.1 Å². The lowest BCUT2D eigenvalue weighted by molar-refractivity contribution is 0.184. The van der Waals surface area contributed by atoms with E-state index in [2.05, 4.69) is 91.7 Å². The third kappa shape index (κ3) is 10.4. The predicted molar refractivity (Wildman–Crippen MR) is 238 cm³/mol. The Morgan fingerprint density at radius 1 is 0.746 bits per heavy atom.